The van der Waals surface area contributed by atoms with E-state index in [0.717, 1.165) is 27.8 Å². The Hall–Kier alpha value is -5.09. The van der Waals surface area contributed by atoms with Crippen LogP contribution in [-0.2, 0) is 29.2 Å². The SMILES string of the molecule is Cc1ccc(S(=O)(=O)Oc2ccc(C(=O)COC(=O)CCCCCN3C(=O)[C@@H]4C5c6ccccc6C(c6ccccc65)[C@H]4C3=O)cc2)cc1. The monoisotopic (exact) mass is 677 g/mol. The molecule has 3 aliphatic carbocycles. The van der Waals surface area contributed by atoms with E-state index in [-0.39, 0.29) is 46.3 Å². The molecule has 0 unspecified atom stereocenters. The zero-order valence-corrected chi connectivity index (χ0v) is 27.7. The number of unbranched alkanes of at least 4 members (excludes halogenated alkanes) is 2. The molecule has 0 aromatic heterocycles. The number of ketones is 1. The number of benzene rings is 4. The number of ether oxygens (including phenoxy) is 1. The van der Waals surface area contributed by atoms with Crippen molar-refractivity contribution in [2.45, 2.75) is 49.3 Å². The van der Waals surface area contributed by atoms with Gasteiger partial charge in [-0.15, -0.1) is 0 Å². The number of esters is 1. The molecule has 8 rings (SSSR count). The van der Waals surface area contributed by atoms with Gasteiger partial charge in [0.05, 0.1) is 11.8 Å². The molecule has 2 bridgehead atoms. The van der Waals surface area contributed by atoms with E-state index in [4.69, 9.17) is 8.92 Å². The number of aryl methyl sites for hydroxylation is 1. The first-order valence-corrected chi connectivity index (χ1v) is 17.9. The van der Waals surface area contributed by atoms with Crippen molar-refractivity contribution < 1.29 is 36.5 Å². The summed E-state index contributed by atoms with van der Waals surface area (Å²) in [5.74, 6) is -2.20. The predicted molar refractivity (Wildman–Crippen MR) is 179 cm³/mol. The van der Waals surface area contributed by atoms with Crippen LogP contribution in [0.25, 0.3) is 0 Å². The van der Waals surface area contributed by atoms with Gasteiger partial charge in [0, 0.05) is 30.4 Å². The molecule has 1 heterocycles. The first-order valence-electron chi connectivity index (χ1n) is 16.5. The number of imide groups is 1. The summed E-state index contributed by atoms with van der Waals surface area (Å²) in [6.07, 6.45) is 1.75. The van der Waals surface area contributed by atoms with E-state index in [1.165, 1.54) is 41.3 Å². The number of amides is 2. The highest BCUT2D eigenvalue weighted by Crippen LogP contribution is 2.60. The molecule has 4 aromatic carbocycles. The van der Waals surface area contributed by atoms with Gasteiger partial charge in [0.25, 0.3) is 0 Å². The molecule has 250 valence electrons. The molecule has 1 saturated heterocycles. The number of rotatable bonds is 12. The summed E-state index contributed by atoms with van der Waals surface area (Å²) in [7, 11) is -4.03. The maximum atomic E-state index is 13.7. The highest BCUT2D eigenvalue weighted by atomic mass is 32.2. The van der Waals surface area contributed by atoms with Crippen molar-refractivity contribution in [1.29, 1.82) is 0 Å². The van der Waals surface area contributed by atoms with E-state index in [1.807, 2.05) is 31.2 Å². The second-order valence-corrected chi connectivity index (χ2v) is 14.4. The van der Waals surface area contributed by atoms with Gasteiger partial charge in [0.1, 0.15) is 10.6 Å². The lowest BCUT2D eigenvalue weighted by atomic mass is 9.55. The van der Waals surface area contributed by atoms with Crippen LogP contribution in [0.3, 0.4) is 0 Å². The van der Waals surface area contributed by atoms with Crippen LogP contribution >= 0.6 is 0 Å². The number of hydrogen-bond donors (Lipinski definition) is 0. The van der Waals surface area contributed by atoms with Crippen LogP contribution in [-0.4, -0.2) is 50.0 Å². The number of carbonyl (C=O) groups is 4. The number of Topliss-reactive ketones (excluding diaryl/α,β-unsaturated/α-hetero) is 1. The summed E-state index contributed by atoms with van der Waals surface area (Å²) in [5, 5.41) is 0. The average molecular weight is 678 g/mol. The summed E-state index contributed by atoms with van der Waals surface area (Å²) < 4.78 is 35.4. The molecule has 9 nitrogen and oxygen atoms in total. The van der Waals surface area contributed by atoms with Gasteiger partial charge in [-0.1, -0.05) is 72.6 Å². The number of nitrogens with zero attached hydrogens (tertiary/aromatic N) is 1. The van der Waals surface area contributed by atoms with Gasteiger partial charge < -0.3 is 8.92 Å². The molecular weight excluding hydrogens is 642 g/mol. The molecule has 10 heteroatoms. The van der Waals surface area contributed by atoms with Crippen LogP contribution in [0.4, 0.5) is 0 Å². The fourth-order valence-electron chi connectivity index (χ4n) is 7.55. The molecule has 49 heavy (non-hydrogen) atoms. The minimum absolute atomic E-state index is 0.0188. The lowest BCUT2D eigenvalue weighted by molar-refractivity contribution is -0.143. The summed E-state index contributed by atoms with van der Waals surface area (Å²) in [6.45, 7) is 1.70. The minimum Gasteiger partial charge on any atom is -0.457 e. The van der Waals surface area contributed by atoms with E-state index < -0.39 is 40.3 Å². The largest absolute Gasteiger partial charge is 0.457 e. The fraction of sp³-hybridized carbons (Fsp3) is 0.282. The van der Waals surface area contributed by atoms with Crippen LogP contribution in [0.5, 0.6) is 5.75 Å². The molecule has 1 aliphatic heterocycles. The Bertz CT molecular complexity index is 1940. The van der Waals surface area contributed by atoms with E-state index in [0.29, 0.717) is 25.8 Å². The van der Waals surface area contributed by atoms with Crippen molar-refractivity contribution in [3.05, 3.63) is 130 Å². The van der Waals surface area contributed by atoms with Gasteiger partial charge in [0.15, 0.2) is 12.4 Å². The molecule has 0 saturated carbocycles. The zero-order valence-electron chi connectivity index (χ0n) is 26.9. The van der Waals surface area contributed by atoms with E-state index in [2.05, 4.69) is 24.3 Å². The standard InChI is InChI=1S/C39H35NO8S/c1-24-14-20-27(21-15-24)49(45,46)48-26-18-16-25(17-19-26)32(41)23-47-33(42)13-3-2-8-22-40-38(43)36-34-28-9-4-5-10-29(28)35(37(36)39(40)44)31-12-7-6-11-30(31)34/h4-7,9-12,14-21,34-37H,2-3,8,13,22-23H2,1H3/t34?,35?,36-,37-/m1/s1. The highest BCUT2D eigenvalue weighted by Gasteiger charge is 2.61. The van der Waals surface area contributed by atoms with Gasteiger partial charge in [-0.3, -0.25) is 24.1 Å². The van der Waals surface area contributed by atoms with E-state index >= 15 is 0 Å². The first-order chi connectivity index (χ1) is 23.6. The summed E-state index contributed by atoms with van der Waals surface area (Å²) in [5.41, 5.74) is 5.72. The lowest BCUT2D eigenvalue weighted by Gasteiger charge is -2.45. The highest BCUT2D eigenvalue weighted by molar-refractivity contribution is 7.87. The van der Waals surface area contributed by atoms with Crippen molar-refractivity contribution in [3.8, 4) is 5.75 Å². The molecule has 4 aromatic rings. The fourth-order valence-corrected chi connectivity index (χ4v) is 8.48. The Morgan fingerprint density at radius 3 is 1.76 bits per heavy atom. The normalized spacial score (nSPS) is 20.4. The van der Waals surface area contributed by atoms with Crippen LogP contribution in [0, 0.1) is 18.8 Å². The maximum Gasteiger partial charge on any atom is 0.339 e. The van der Waals surface area contributed by atoms with Gasteiger partial charge in [-0.05, 0) is 78.4 Å². The Morgan fingerprint density at radius 1 is 0.694 bits per heavy atom. The van der Waals surface area contributed by atoms with Crippen molar-refractivity contribution in [2.24, 2.45) is 11.8 Å². The van der Waals surface area contributed by atoms with Crippen LogP contribution in [0.2, 0.25) is 0 Å². The summed E-state index contributed by atoms with van der Waals surface area (Å²) >= 11 is 0. The molecule has 0 N–H and O–H groups in total. The first kappa shape index (κ1) is 32.5. The van der Waals surface area contributed by atoms with Gasteiger partial charge in [0.2, 0.25) is 11.8 Å². The van der Waals surface area contributed by atoms with Gasteiger partial charge >= 0.3 is 16.1 Å². The van der Waals surface area contributed by atoms with Crippen LogP contribution < -0.4 is 4.18 Å². The maximum absolute atomic E-state index is 13.7. The quantitative estimate of drug-likeness (QED) is 0.0594. The van der Waals surface area contributed by atoms with Crippen molar-refractivity contribution in [1.82, 2.24) is 4.90 Å². The Morgan fingerprint density at radius 2 is 1.22 bits per heavy atom. The average Bonchev–Trinajstić information content (AvgIpc) is 3.36. The third-order valence-electron chi connectivity index (χ3n) is 9.86. The van der Waals surface area contributed by atoms with E-state index in [9.17, 15) is 27.6 Å². The molecular formula is C39H35NO8S. The molecule has 4 aliphatic rings. The van der Waals surface area contributed by atoms with Crippen LogP contribution in [0.1, 0.15) is 75.7 Å². The summed E-state index contributed by atoms with van der Waals surface area (Å²) in [4.78, 5) is 53.8. The Kier molecular flexibility index (Phi) is 8.66. The molecule has 2 amide bonds. The smallest absolute Gasteiger partial charge is 0.339 e. The molecule has 2 atom stereocenters. The predicted octanol–water partition coefficient (Wildman–Crippen LogP) is 5.94. The number of hydrogen-bond acceptors (Lipinski definition) is 8. The van der Waals surface area contributed by atoms with Crippen LogP contribution in [0.15, 0.2) is 102 Å². The molecule has 0 spiro atoms. The third kappa shape index (κ3) is 6.05. The third-order valence-corrected chi connectivity index (χ3v) is 11.1. The molecule has 0 radical (unpaired) electrons. The minimum atomic E-state index is -4.03. The second kappa shape index (κ2) is 13.1. The Balaban J connectivity index is 0.865. The topological polar surface area (TPSA) is 124 Å². The van der Waals surface area contributed by atoms with Crippen molar-refractivity contribution in [2.75, 3.05) is 13.2 Å². The van der Waals surface area contributed by atoms with E-state index in [1.54, 1.807) is 12.1 Å². The van der Waals surface area contributed by atoms with Gasteiger partial charge in [-0.25, -0.2) is 0 Å². The zero-order chi connectivity index (χ0) is 34.3. The number of carbonyl (C=O) groups excluding carboxylic acids is 4. The second-order valence-electron chi connectivity index (χ2n) is 12.9. The van der Waals surface area contributed by atoms with Crippen molar-refractivity contribution in [3.63, 3.8) is 0 Å². The summed E-state index contributed by atoms with van der Waals surface area (Å²) in [6, 6.07) is 28.1. The lowest BCUT2D eigenvalue weighted by Crippen LogP contribution is -2.41. The number of likely N-dealkylation sites (tertiary alicyclic amines) is 1. The molecule has 1 fully saturated rings. The van der Waals surface area contributed by atoms with Gasteiger partial charge in [-0.2, -0.15) is 8.42 Å². The van der Waals surface area contributed by atoms with Crippen molar-refractivity contribution >= 4 is 33.7 Å². The Labute approximate surface area is 285 Å².